The Labute approximate surface area is 193 Å². The minimum atomic E-state index is -0.778. The number of halogens is 1. The number of hydrogen-bond acceptors (Lipinski definition) is 4. The van der Waals surface area contributed by atoms with Crippen molar-refractivity contribution < 1.29 is 18.8 Å². The van der Waals surface area contributed by atoms with E-state index in [1.807, 2.05) is 59.3 Å². The number of aromatic nitrogens is 1. The van der Waals surface area contributed by atoms with Crippen LogP contribution < -0.4 is 5.32 Å². The van der Waals surface area contributed by atoms with Gasteiger partial charge in [-0.2, -0.15) is 0 Å². The number of carbonyl (C=O) groups excluding carboxylic acids is 3. The fourth-order valence-electron chi connectivity index (χ4n) is 3.88. The van der Waals surface area contributed by atoms with Crippen LogP contribution in [0.3, 0.4) is 0 Å². The van der Waals surface area contributed by atoms with Gasteiger partial charge < -0.3 is 8.98 Å². The van der Waals surface area contributed by atoms with Crippen LogP contribution in [0.1, 0.15) is 16.9 Å². The summed E-state index contributed by atoms with van der Waals surface area (Å²) in [7, 11) is 0. The van der Waals surface area contributed by atoms with Gasteiger partial charge >= 0.3 is 6.03 Å². The Morgan fingerprint density at radius 2 is 1.73 bits per heavy atom. The highest BCUT2D eigenvalue weighted by atomic mass is 35.5. The average Bonchev–Trinajstić information content (AvgIpc) is 3.44. The molecule has 0 spiro atoms. The molecule has 5 rings (SSSR count). The number of hydrogen-bond donors (Lipinski definition) is 1. The normalized spacial score (nSPS) is 15.5. The van der Waals surface area contributed by atoms with Gasteiger partial charge in [0.1, 0.15) is 11.3 Å². The second-order valence-electron chi connectivity index (χ2n) is 7.61. The number of furan rings is 1. The molecule has 1 N–H and O–H groups in total. The van der Waals surface area contributed by atoms with Gasteiger partial charge in [0.2, 0.25) is 0 Å². The standard InChI is InChI=1S/C25H18ClN3O4/c26-21-9-3-1-6-16(21)13-28-14-17(19-8-2-4-10-22(19)28)12-20-23(30)27-25(32)29(24(20)31)15-18-7-5-11-33-18/h1-12,14H,13,15H2,(H,27,30,32)/b20-12-. The molecule has 8 heteroatoms. The third-order valence-corrected chi connectivity index (χ3v) is 5.87. The van der Waals surface area contributed by atoms with E-state index in [0.717, 1.165) is 21.4 Å². The molecule has 0 unspecified atom stereocenters. The van der Waals surface area contributed by atoms with Crippen molar-refractivity contribution >= 4 is 46.4 Å². The zero-order chi connectivity index (χ0) is 22.9. The SMILES string of the molecule is O=C1NC(=O)N(Cc2ccco2)C(=O)/C1=C\c1cn(Cc2ccccc2Cl)c2ccccc12. The maximum absolute atomic E-state index is 13.1. The van der Waals surface area contributed by atoms with Gasteiger partial charge in [-0.05, 0) is 35.9 Å². The first-order valence-electron chi connectivity index (χ1n) is 10.2. The average molecular weight is 460 g/mol. The second kappa shape index (κ2) is 8.44. The van der Waals surface area contributed by atoms with Crippen LogP contribution in [0.5, 0.6) is 0 Å². The molecule has 4 aromatic rings. The minimum absolute atomic E-state index is 0.0729. The summed E-state index contributed by atoms with van der Waals surface area (Å²) >= 11 is 6.35. The predicted octanol–water partition coefficient (Wildman–Crippen LogP) is 4.60. The molecular weight excluding hydrogens is 442 g/mol. The quantitative estimate of drug-likeness (QED) is 0.349. The maximum Gasteiger partial charge on any atom is 0.331 e. The van der Waals surface area contributed by atoms with E-state index in [1.165, 1.54) is 12.3 Å². The molecule has 1 aliphatic rings. The van der Waals surface area contributed by atoms with Crippen LogP contribution in [0.2, 0.25) is 5.02 Å². The number of carbonyl (C=O) groups is 3. The van der Waals surface area contributed by atoms with Gasteiger partial charge in [-0.15, -0.1) is 0 Å². The maximum atomic E-state index is 13.1. The minimum Gasteiger partial charge on any atom is -0.467 e. The van der Waals surface area contributed by atoms with Gasteiger partial charge in [-0.25, -0.2) is 4.79 Å². The summed E-state index contributed by atoms with van der Waals surface area (Å²) in [6, 6.07) is 17.8. The van der Waals surface area contributed by atoms with Gasteiger partial charge in [-0.1, -0.05) is 48.0 Å². The van der Waals surface area contributed by atoms with E-state index in [9.17, 15) is 14.4 Å². The lowest BCUT2D eigenvalue weighted by molar-refractivity contribution is -0.130. The summed E-state index contributed by atoms with van der Waals surface area (Å²) in [4.78, 5) is 38.8. The molecular formula is C25H18ClN3O4. The molecule has 0 bridgehead atoms. The first kappa shape index (κ1) is 20.8. The van der Waals surface area contributed by atoms with Crippen LogP contribution in [0, 0.1) is 0 Å². The van der Waals surface area contributed by atoms with E-state index in [-0.39, 0.29) is 12.1 Å². The van der Waals surface area contributed by atoms with Crippen molar-refractivity contribution in [3.05, 3.63) is 101 Å². The molecule has 0 aliphatic carbocycles. The van der Waals surface area contributed by atoms with Crippen molar-refractivity contribution in [1.82, 2.24) is 14.8 Å². The lowest BCUT2D eigenvalue weighted by atomic mass is 10.1. The van der Waals surface area contributed by atoms with Gasteiger partial charge in [-0.3, -0.25) is 19.8 Å². The van der Waals surface area contributed by atoms with Gasteiger partial charge in [0.05, 0.1) is 12.8 Å². The summed E-state index contributed by atoms with van der Waals surface area (Å²) < 4.78 is 7.26. The molecule has 0 saturated carbocycles. The third-order valence-electron chi connectivity index (χ3n) is 5.50. The van der Waals surface area contributed by atoms with E-state index in [1.54, 1.807) is 12.1 Å². The Morgan fingerprint density at radius 1 is 0.939 bits per heavy atom. The number of fused-ring (bicyclic) bond motifs is 1. The van der Waals surface area contributed by atoms with E-state index in [0.29, 0.717) is 22.9 Å². The van der Waals surface area contributed by atoms with Crippen LogP contribution in [-0.4, -0.2) is 27.3 Å². The van der Waals surface area contributed by atoms with E-state index in [4.69, 9.17) is 16.0 Å². The van der Waals surface area contributed by atoms with Crippen molar-refractivity contribution in [2.75, 3.05) is 0 Å². The summed E-state index contributed by atoms with van der Waals surface area (Å²) in [5.74, 6) is -0.977. The highest BCUT2D eigenvalue weighted by Crippen LogP contribution is 2.27. The smallest absolute Gasteiger partial charge is 0.331 e. The number of nitrogens with one attached hydrogen (secondary N) is 1. The van der Waals surface area contributed by atoms with Crippen molar-refractivity contribution in [2.45, 2.75) is 13.1 Å². The molecule has 1 fully saturated rings. The number of benzene rings is 2. The highest BCUT2D eigenvalue weighted by Gasteiger charge is 2.36. The molecule has 4 amide bonds. The topological polar surface area (TPSA) is 84.6 Å². The summed E-state index contributed by atoms with van der Waals surface area (Å²) in [6.45, 7) is 0.448. The van der Waals surface area contributed by atoms with Crippen LogP contribution in [-0.2, 0) is 22.7 Å². The number of amides is 4. The molecule has 3 heterocycles. The number of urea groups is 1. The fraction of sp³-hybridized carbons (Fsp3) is 0.0800. The Morgan fingerprint density at radius 3 is 2.52 bits per heavy atom. The van der Waals surface area contributed by atoms with Crippen LogP contribution in [0.25, 0.3) is 17.0 Å². The Kier molecular flexibility index (Phi) is 5.32. The predicted molar refractivity (Wildman–Crippen MR) is 123 cm³/mol. The zero-order valence-electron chi connectivity index (χ0n) is 17.3. The summed E-state index contributed by atoms with van der Waals surface area (Å²) in [5, 5.41) is 3.76. The fourth-order valence-corrected chi connectivity index (χ4v) is 4.08. The van der Waals surface area contributed by atoms with Crippen molar-refractivity contribution in [1.29, 1.82) is 0 Å². The molecule has 33 heavy (non-hydrogen) atoms. The van der Waals surface area contributed by atoms with E-state index >= 15 is 0 Å². The lowest BCUT2D eigenvalue weighted by Crippen LogP contribution is -2.53. The number of nitrogens with zero attached hydrogens (tertiary/aromatic N) is 2. The monoisotopic (exact) mass is 459 g/mol. The summed E-state index contributed by atoms with van der Waals surface area (Å²) in [5.41, 5.74) is 2.43. The molecule has 164 valence electrons. The zero-order valence-corrected chi connectivity index (χ0v) is 18.1. The van der Waals surface area contributed by atoms with Gasteiger partial charge in [0.25, 0.3) is 11.8 Å². The Bertz CT molecular complexity index is 1420. The van der Waals surface area contributed by atoms with Gasteiger partial charge in [0.15, 0.2) is 0 Å². The van der Waals surface area contributed by atoms with Crippen LogP contribution in [0.4, 0.5) is 4.79 Å². The Hall–Kier alpha value is -4.10. The van der Waals surface area contributed by atoms with Crippen LogP contribution >= 0.6 is 11.6 Å². The largest absolute Gasteiger partial charge is 0.467 e. The first-order chi connectivity index (χ1) is 16.0. The van der Waals surface area contributed by atoms with E-state index < -0.39 is 17.8 Å². The molecule has 7 nitrogen and oxygen atoms in total. The van der Waals surface area contributed by atoms with Crippen molar-refractivity contribution in [3.8, 4) is 0 Å². The molecule has 2 aromatic heterocycles. The molecule has 0 radical (unpaired) electrons. The molecule has 1 aliphatic heterocycles. The van der Waals surface area contributed by atoms with Crippen molar-refractivity contribution in [2.24, 2.45) is 0 Å². The number of para-hydroxylation sites is 1. The second-order valence-corrected chi connectivity index (χ2v) is 8.02. The first-order valence-corrected chi connectivity index (χ1v) is 10.6. The van der Waals surface area contributed by atoms with Crippen LogP contribution in [0.15, 0.2) is 83.1 Å². The number of rotatable bonds is 5. The summed E-state index contributed by atoms with van der Waals surface area (Å²) in [6.07, 6.45) is 4.84. The third kappa shape index (κ3) is 3.94. The molecule has 1 saturated heterocycles. The van der Waals surface area contributed by atoms with E-state index in [2.05, 4.69) is 5.32 Å². The van der Waals surface area contributed by atoms with Gasteiger partial charge in [0, 0.05) is 34.2 Å². The molecule has 2 aromatic carbocycles. The molecule has 0 atom stereocenters. The lowest BCUT2D eigenvalue weighted by Gasteiger charge is -2.25. The number of barbiturate groups is 1. The number of imide groups is 2. The van der Waals surface area contributed by atoms with Crippen molar-refractivity contribution in [3.63, 3.8) is 0 Å². The Balaban J connectivity index is 1.54. The highest BCUT2D eigenvalue weighted by molar-refractivity contribution is 6.31.